The summed E-state index contributed by atoms with van der Waals surface area (Å²) in [5.41, 5.74) is 0.0935. The summed E-state index contributed by atoms with van der Waals surface area (Å²) in [7, 11) is 0. The number of benzene rings is 1. The van der Waals surface area contributed by atoms with Crippen LogP contribution in [0.3, 0.4) is 0 Å². The van der Waals surface area contributed by atoms with Crippen LogP contribution >= 0.6 is 0 Å². The van der Waals surface area contributed by atoms with Crippen molar-refractivity contribution in [1.29, 1.82) is 0 Å². The highest BCUT2D eigenvalue weighted by molar-refractivity contribution is 5.89. The number of aromatic carboxylic acids is 1. The Labute approximate surface area is 141 Å². The summed E-state index contributed by atoms with van der Waals surface area (Å²) in [6.45, 7) is 1.40. The number of amides is 1. The van der Waals surface area contributed by atoms with E-state index in [1.54, 1.807) is 36.7 Å². The van der Waals surface area contributed by atoms with Gasteiger partial charge in [0.15, 0.2) is 0 Å². The fourth-order valence-corrected chi connectivity index (χ4v) is 1.80. The Balaban J connectivity index is 0.000000386. The van der Waals surface area contributed by atoms with Crippen LogP contribution in [0.5, 0.6) is 0 Å². The number of hydrogen-bond acceptors (Lipinski definition) is 5. The van der Waals surface area contributed by atoms with Gasteiger partial charge in [-0.3, -0.25) is 9.59 Å². The van der Waals surface area contributed by atoms with Crippen molar-refractivity contribution in [2.45, 2.75) is 6.92 Å². The molecule has 0 aliphatic rings. The Morgan fingerprint density at radius 3 is 2.40 bits per heavy atom. The lowest BCUT2D eigenvalue weighted by molar-refractivity contribution is -0.114. The molecule has 25 heavy (non-hydrogen) atoms. The van der Waals surface area contributed by atoms with Gasteiger partial charge in [-0.15, -0.1) is 0 Å². The number of aromatic amines is 1. The molecule has 0 unspecified atom stereocenters. The largest absolute Gasteiger partial charge is 0.477 e. The number of carbonyl (C=O) groups is 2. The second kappa shape index (κ2) is 8.20. The second-order valence-corrected chi connectivity index (χ2v) is 4.75. The van der Waals surface area contributed by atoms with E-state index in [0.717, 1.165) is 6.20 Å². The number of aromatic nitrogens is 4. The minimum atomic E-state index is -1.33. The molecule has 1 aromatic carbocycles. The summed E-state index contributed by atoms with van der Waals surface area (Å²) in [6, 6.07) is 6.62. The smallest absolute Gasteiger partial charge is 0.342 e. The Hall–Kier alpha value is -3.75. The SMILES string of the molecule is CC(=O)Nc1ccc(-c2ncc(C(=O)O)c(=O)[nH]2)cc1.c1c[n-]cn1. The molecule has 0 saturated heterocycles. The average molecular weight is 340 g/mol. The zero-order chi connectivity index (χ0) is 18.2. The summed E-state index contributed by atoms with van der Waals surface area (Å²) in [5.74, 6) is -1.25. The van der Waals surface area contributed by atoms with Crippen LogP contribution in [-0.2, 0) is 4.79 Å². The van der Waals surface area contributed by atoms with Gasteiger partial charge in [-0.2, -0.15) is 0 Å². The van der Waals surface area contributed by atoms with E-state index in [1.807, 2.05) is 0 Å². The number of nitrogens with one attached hydrogen (secondary N) is 2. The molecule has 9 heteroatoms. The van der Waals surface area contributed by atoms with Crippen molar-refractivity contribution in [1.82, 2.24) is 19.9 Å². The molecule has 0 bridgehead atoms. The van der Waals surface area contributed by atoms with E-state index in [4.69, 9.17) is 5.11 Å². The lowest BCUT2D eigenvalue weighted by atomic mass is 10.2. The Morgan fingerprint density at radius 2 is 1.96 bits per heavy atom. The fraction of sp³-hybridized carbons (Fsp3) is 0.0625. The standard InChI is InChI=1S/C13H11N3O4.C3H3N2/c1-7(17)15-9-4-2-8(3-5-9)11-14-6-10(13(19)20)12(18)16-11;1-2-5-3-4-1/h2-6H,1H3,(H,15,17)(H,19,20)(H,14,16,18);1-3H/q;-1. The topological polar surface area (TPSA) is 139 Å². The molecule has 0 fully saturated rings. The fourth-order valence-electron chi connectivity index (χ4n) is 1.80. The third-order valence-electron chi connectivity index (χ3n) is 2.88. The number of rotatable bonds is 3. The zero-order valence-corrected chi connectivity index (χ0v) is 13.1. The van der Waals surface area contributed by atoms with E-state index in [9.17, 15) is 14.4 Å². The number of imidazole rings is 1. The number of anilines is 1. The minimum absolute atomic E-state index is 0.185. The molecule has 3 rings (SSSR count). The van der Waals surface area contributed by atoms with Gasteiger partial charge in [0, 0.05) is 24.4 Å². The number of carboxylic acids is 1. The molecule has 0 saturated carbocycles. The maximum atomic E-state index is 11.5. The van der Waals surface area contributed by atoms with Gasteiger partial charge in [-0.25, -0.2) is 9.78 Å². The minimum Gasteiger partial charge on any atom is -0.477 e. The molecule has 0 spiro atoms. The predicted octanol–water partition coefficient (Wildman–Crippen LogP) is 1.13. The molecule has 3 N–H and O–H groups in total. The monoisotopic (exact) mass is 340 g/mol. The lowest BCUT2D eigenvalue weighted by Crippen LogP contribution is -2.18. The number of carboxylic acid groups (broad SMARTS) is 1. The molecule has 9 nitrogen and oxygen atoms in total. The first-order chi connectivity index (χ1) is 12.0. The maximum absolute atomic E-state index is 11.5. The van der Waals surface area contributed by atoms with Gasteiger partial charge < -0.3 is 25.4 Å². The third kappa shape index (κ3) is 5.13. The summed E-state index contributed by atoms with van der Waals surface area (Å²) in [6.07, 6.45) is 5.79. The van der Waals surface area contributed by atoms with Crippen molar-refractivity contribution < 1.29 is 14.7 Å². The first kappa shape index (κ1) is 17.6. The molecule has 128 valence electrons. The predicted molar refractivity (Wildman–Crippen MR) is 89.1 cm³/mol. The maximum Gasteiger partial charge on any atom is 0.342 e. The van der Waals surface area contributed by atoms with Gasteiger partial charge in [-0.05, 0) is 24.3 Å². The molecule has 2 aromatic heterocycles. The van der Waals surface area contributed by atoms with Crippen LogP contribution in [-0.4, -0.2) is 31.9 Å². The average Bonchev–Trinajstić information content (AvgIpc) is 3.14. The van der Waals surface area contributed by atoms with Crippen molar-refractivity contribution >= 4 is 17.6 Å². The van der Waals surface area contributed by atoms with E-state index < -0.39 is 17.1 Å². The number of nitrogens with zero attached hydrogens (tertiary/aromatic N) is 3. The normalized spacial score (nSPS) is 9.64. The van der Waals surface area contributed by atoms with Crippen LogP contribution in [0, 0.1) is 0 Å². The van der Waals surface area contributed by atoms with Crippen LogP contribution in [0.1, 0.15) is 17.3 Å². The van der Waals surface area contributed by atoms with Gasteiger partial charge in [0.2, 0.25) is 5.91 Å². The quantitative estimate of drug-likeness (QED) is 0.649. The molecule has 0 radical (unpaired) electrons. The Bertz CT molecular complexity index is 884. The summed E-state index contributed by atoms with van der Waals surface area (Å²) in [5, 5.41) is 11.4. The highest BCUT2D eigenvalue weighted by atomic mass is 16.4. The summed E-state index contributed by atoms with van der Waals surface area (Å²) >= 11 is 0. The van der Waals surface area contributed by atoms with E-state index in [-0.39, 0.29) is 11.7 Å². The summed E-state index contributed by atoms with van der Waals surface area (Å²) < 4.78 is 0. The van der Waals surface area contributed by atoms with Crippen molar-refractivity contribution in [3.8, 4) is 11.4 Å². The van der Waals surface area contributed by atoms with Crippen LogP contribution < -0.4 is 15.9 Å². The van der Waals surface area contributed by atoms with Crippen molar-refractivity contribution in [3.05, 3.63) is 65.1 Å². The first-order valence-electron chi connectivity index (χ1n) is 7.04. The van der Waals surface area contributed by atoms with E-state index in [0.29, 0.717) is 11.3 Å². The Morgan fingerprint density at radius 1 is 1.24 bits per heavy atom. The van der Waals surface area contributed by atoms with Crippen LogP contribution in [0.25, 0.3) is 11.4 Å². The van der Waals surface area contributed by atoms with Crippen LogP contribution in [0.15, 0.2) is 54.0 Å². The van der Waals surface area contributed by atoms with Gasteiger partial charge in [0.1, 0.15) is 11.4 Å². The molecule has 3 aromatic rings. The van der Waals surface area contributed by atoms with Gasteiger partial charge >= 0.3 is 5.97 Å². The van der Waals surface area contributed by atoms with E-state index in [2.05, 4.69) is 25.3 Å². The number of carbonyl (C=O) groups excluding carboxylic acids is 1. The lowest BCUT2D eigenvalue weighted by Gasteiger charge is -2.04. The van der Waals surface area contributed by atoms with Crippen molar-refractivity contribution in [2.75, 3.05) is 5.32 Å². The van der Waals surface area contributed by atoms with Crippen LogP contribution in [0.4, 0.5) is 5.69 Å². The molecule has 0 aliphatic heterocycles. The second-order valence-electron chi connectivity index (χ2n) is 4.75. The molecule has 2 heterocycles. The Kier molecular flexibility index (Phi) is 5.77. The number of hydrogen-bond donors (Lipinski definition) is 3. The van der Waals surface area contributed by atoms with Gasteiger partial charge in [0.05, 0.1) is 0 Å². The van der Waals surface area contributed by atoms with E-state index in [1.165, 1.54) is 13.3 Å². The highest BCUT2D eigenvalue weighted by Crippen LogP contribution is 2.16. The van der Waals surface area contributed by atoms with Gasteiger partial charge in [-0.1, -0.05) is 18.7 Å². The van der Waals surface area contributed by atoms with Crippen molar-refractivity contribution in [2.24, 2.45) is 0 Å². The van der Waals surface area contributed by atoms with Crippen molar-refractivity contribution in [3.63, 3.8) is 0 Å². The molecule has 0 aliphatic carbocycles. The van der Waals surface area contributed by atoms with Crippen LogP contribution in [0.2, 0.25) is 0 Å². The first-order valence-corrected chi connectivity index (χ1v) is 7.04. The molecule has 1 amide bonds. The third-order valence-corrected chi connectivity index (χ3v) is 2.88. The van der Waals surface area contributed by atoms with E-state index >= 15 is 0 Å². The van der Waals surface area contributed by atoms with Gasteiger partial charge in [0.25, 0.3) is 5.56 Å². The molecular weight excluding hydrogens is 326 g/mol. The molecular formula is C16H14N5O4-. The number of H-pyrrole nitrogens is 1. The summed E-state index contributed by atoms with van der Waals surface area (Å²) in [4.78, 5) is 46.7. The zero-order valence-electron chi connectivity index (χ0n) is 13.1. The highest BCUT2D eigenvalue weighted by Gasteiger charge is 2.10. The molecule has 0 atom stereocenters.